The van der Waals surface area contributed by atoms with E-state index in [0.29, 0.717) is 16.8 Å². The molecule has 0 spiro atoms. The summed E-state index contributed by atoms with van der Waals surface area (Å²) >= 11 is 3.30. The van der Waals surface area contributed by atoms with Gasteiger partial charge in [-0.25, -0.2) is 4.79 Å². The average Bonchev–Trinajstić information content (AvgIpc) is 2.40. The molecule has 0 saturated carbocycles. The van der Waals surface area contributed by atoms with Crippen LogP contribution in [0.3, 0.4) is 0 Å². The number of aryl methyl sites for hydroxylation is 1. The van der Waals surface area contributed by atoms with Gasteiger partial charge in [0.15, 0.2) is 0 Å². The molecule has 4 nitrogen and oxygen atoms in total. The minimum absolute atomic E-state index is 0.0791. The van der Waals surface area contributed by atoms with Crippen LogP contribution in [0.4, 0.5) is 0 Å². The summed E-state index contributed by atoms with van der Waals surface area (Å²) in [6.07, 6.45) is 1.57. The molecule has 0 radical (unpaired) electrons. The van der Waals surface area contributed by atoms with Gasteiger partial charge in [-0.2, -0.15) is 0 Å². The Morgan fingerprint density at radius 2 is 2.05 bits per heavy atom. The van der Waals surface area contributed by atoms with Gasteiger partial charge in [-0.1, -0.05) is 15.9 Å². The molecule has 98 valence electrons. The maximum Gasteiger partial charge on any atom is 0.338 e. The Bertz CT molecular complexity index is 596. The first-order chi connectivity index (χ1) is 9.06. The number of hydrogen-bond donors (Lipinski definition) is 1. The Balaban J connectivity index is 2.00. The van der Waals surface area contributed by atoms with Crippen molar-refractivity contribution in [3.05, 3.63) is 57.8 Å². The molecule has 1 N–H and O–H groups in total. The van der Waals surface area contributed by atoms with E-state index in [1.807, 2.05) is 0 Å². The Morgan fingerprint density at radius 3 is 2.68 bits per heavy atom. The fourth-order valence-corrected chi connectivity index (χ4v) is 1.72. The van der Waals surface area contributed by atoms with Crippen molar-refractivity contribution < 1.29 is 14.6 Å². The summed E-state index contributed by atoms with van der Waals surface area (Å²) in [5, 5.41) is 9.50. The van der Waals surface area contributed by atoms with Crippen molar-refractivity contribution in [2.24, 2.45) is 0 Å². The Kier molecular flexibility index (Phi) is 4.16. The smallest absolute Gasteiger partial charge is 0.338 e. The van der Waals surface area contributed by atoms with Crippen molar-refractivity contribution in [1.82, 2.24) is 4.98 Å². The van der Waals surface area contributed by atoms with E-state index < -0.39 is 5.97 Å². The first kappa shape index (κ1) is 13.5. The highest BCUT2D eigenvalue weighted by molar-refractivity contribution is 9.10. The van der Waals surface area contributed by atoms with Crippen molar-refractivity contribution >= 4 is 21.9 Å². The third-order valence-electron chi connectivity index (χ3n) is 2.57. The van der Waals surface area contributed by atoms with E-state index >= 15 is 0 Å². The van der Waals surface area contributed by atoms with Crippen molar-refractivity contribution in [2.75, 3.05) is 0 Å². The number of esters is 1. The SMILES string of the molecule is Cc1ncc(COC(=O)c2ccc(Br)cc2)cc1O. The largest absolute Gasteiger partial charge is 0.506 e. The van der Waals surface area contributed by atoms with Gasteiger partial charge < -0.3 is 9.84 Å². The van der Waals surface area contributed by atoms with Gasteiger partial charge in [0.25, 0.3) is 0 Å². The van der Waals surface area contributed by atoms with Crippen LogP contribution >= 0.6 is 15.9 Å². The topological polar surface area (TPSA) is 59.4 Å². The van der Waals surface area contributed by atoms with Gasteiger partial charge in [-0.05, 0) is 37.3 Å². The zero-order chi connectivity index (χ0) is 13.8. The van der Waals surface area contributed by atoms with Crippen LogP contribution in [0.25, 0.3) is 0 Å². The summed E-state index contributed by atoms with van der Waals surface area (Å²) in [5.74, 6) is -0.315. The molecule has 0 amide bonds. The van der Waals surface area contributed by atoms with Gasteiger partial charge in [0, 0.05) is 16.2 Å². The average molecular weight is 322 g/mol. The predicted molar refractivity (Wildman–Crippen MR) is 73.9 cm³/mol. The van der Waals surface area contributed by atoms with E-state index in [2.05, 4.69) is 20.9 Å². The second-order valence-electron chi connectivity index (χ2n) is 4.03. The van der Waals surface area contributed by atoms with Gasteiger partial charge >= 0.3 is 5.97 Å². The highest BCUT2D eigenvalue weighted by Gasteiger charge is 2.08. The van der Waals surface area contributed by atoms with Crippen molar-refractivity contribution in [3.63, 3.8) is 0 Å². The second-order valence-corrected chi connectivity index (χ2v) is 4.95. The quantitative estimate of drug-likeness (QED) is 0.882. The lowest BCUT2D eigenvalue weighted by Gasteiger charge is -2.06. The van der Waals surface area contributed by atoms with Crippen LogP contribution < -0.4 is 0 Å². The Hall–Kier alpha value is -1.88. The van der Waals surface area contributed by atoms with Crippen molar-refractivity contribution in [2.45, 2.75) is 13.5 Å². The summed E-state index contributed by atoms with van der Waals surface area (Å²) in [6, 6.07) is 8.44. The lowest BCUT2D eigenvalue weighted by Crippen LogP contribution is -2.05. The number of aromatic nitrogens is 1. The molecule has 2 rings (SSSR count). The summed E-state index contributed by atoms with van der Waals surface area (Å²) in [6.45, 7) is 1.78. The predicted octanol–water partition coefficient (Wildman–Crippen LogP) is 3.22. The van der Waals surface area contributed by atoms with Crippen molar-refractivity contribution in [1.29, 1.82) is 0 Å². The lowest BCUT2D eigenvalue weighted by molar-refractivity contribution is 0.0472. The molecule has 1 aromatic carbocycles. The van der Waals surface area contributed by atoms with Gasteiger partial charge in [-0.3, -0.25) is 4.98 Å². The van der Waals surface area contributed by atoms with Crippen LogP contribution in [0, 0.1) is 6.92 Å². The van der Waals surface area contributed by atoms with Crippen LogP contribution in [0.5, 0.6) is 5.75 Å². The number of aromatic hydroxyl groups is 1. The monoisotopic (exact) mass is 321 g/mol. The standard InChI is InChI=1S/C14H12BrNO3/c1-9-13(17)6-10(7-16-9)8-19-14(18)11-2-4-12(15)5-3-11/h2-7,17H,8H2,1H3. The molecule has 0 saturated heterocycles. The van der Waals surface area contributed by atoms with Gasteiger partial charge in [-0.15, -0.1) is 0 Å². The Labute approximate surface area is 119 Å². The number of carbonyl (C=O) groups is 1. The molecule has 1 aromatic heterocycles. The lowest BCUT2D eigenvalue weighted by atomic mass is 10.2. The first-order valence-electron chi connectivity index (χ1n) is 5.63. The number of halogens is 1. The summed E-state index contributed by atoms with van der Waals surface area (Å²) in [5.41, 5.74) is 1.67. The summed E-state index contributed by atoms with van der Waals surface area (Å²) in [4.78, 5) is 15.8. The van der Waals surface area contributed by atoms with Crippen LogP contribution in [-0.4, -0.2) is 16.1 Å². The first-order valence-corrected chi connectivity index (χ1v) is 6.43. The molecule has 5 heteroatoms. The maximum absolute atomic E-state index is 11.8. The minimum Gasteiger partial charge on any atom is -0.506 e. The van der Waals surface area contributed by atoms with Crippen molar-refractivity contribution in [3.8, 4) is 5.75 Å². The molecule has 0 unspecified atom stereocenters. The minimum atomic E-state index is -0.410. The highest BCUT2D eigenvalue weighted by atomic mass is 79.9. The molecule has 1 heterocycles. The second kappa shape index (κ2) is 5.84. The molecule has 0 aliphatic heterocycles. The van der Waals surface area contributed by atoms with Gasteiger partial charge in [0.05, 0.1) is 11.3 Å². The molecule has 0 atom stereocenters. The van der Waals surface area contributed by atoms with Crippen LogP contribution in [0.2, 0.25) is 0 Å². The third kappa shape index (κ3) is 3.54. The summed E-state index contributed by atoms with van der Waals surface area (Å²) in [7, 11) is 0. The molecular weight excluding hydrogens is 310 g/mol. The molecule has 0 fully saturated rings. The van der Waals surface area contributed by atoms with Gasteiger partial charge in [0.1, 0.15) is 12.4 Å². The zero-order valence-electron chi connectivity index (χ0n) is 10.3. The van der Waals surface area contributed by atoms with E-state index in [0.717, 1.165) is 4.47 Å². The van der Waals surface area contributed by atoms with Crippen LogP contribution in [-0.2, 0) is 11.3 Å². The number of rotatable bonds is 3. The fraction of sp³-hybridized carbons (Fsp3) is 0.143. The van der Waals surface area contributed by atoms with Crippen LogP contribution in [0.15, 0.2) is 41.0 Å². The fourth-order valence-electron chi connectivity index (χ4n) is 1.46. The van der Waals surface area contributed by atoms with E-state index in [1.165, 1.54) is 6.07 Å². The highest BCUT2D eigenvalue weighted by Crippen LogP contribution is 2.16. The molecular formula is C14H12BrNO3. The summed E-state index contributed by atoms with van der Waals surface area (Å²) < 4.78 is 6.04. The van der Waals surface area contributed by atoms with E-state index in [1.54, 1.807) is 37.4 Å². The molecule has 0 aliphatic rings. The number of nitrogens with zero attached hydrogens (tertiary/aromatic N) is 1. The van der Waals surface area contributed by atoms with E-state index in [-0.39, 0.29) is 12.4 Å². The number of ether oxygens (including phenoxy) is 1. The normalized spacial score (nSPS) is 10.2. The third-order valence-corrected chi connectivity index (χ3v) is 3.10. The number of pyridine rings is 1. The van der Waals surface area contributed by atoms with Gasteiger partial charge in [0.2, 0.25) is 0 Å². The maximum atomic E-state index is 11.8. The van der Waals surface area contributed by atoms with E-state index in [9.17, 15) is 9.90 Å². The number of benzene rings is 1. The number of carbonyl (C=O) groups excluding carboxylic acids is 1. The van der Waals surface area contributed by atoms with Crippen LogP contribution in [0.1, 0.15) is 21.6 Å². The molecule has 0 bridgehead atoms. The zero-order valence-corrected chi connectivity index (χ0v) is 11.8. The Morgan fingerprint density at radius 1 is 1.37 bits per heavy atom. The number of hydrogen-bond acceptors (Lipinski definition) is 4. The molecule has 0 aliphatic carbocycles. The van der Waals surface area contributed by atoms with E-state index in [4.69, 9.17) is 4.74 Å². The molecule has 2 aromatic rings. The molecule has 19 heavy (non-hydrogen) atoms.